The molecule has 1 aliphatic rings. The van der Waals surface area contributed by atoms with Crippen molar-refractivity contribution in [3.05, 3.63) is 58.8 Å². The molecule has 2 heterocycles. The van der Waals surface area contributed by atoms with Gasteiger partial charge in [0.2, 0.25) is 0 Å². The highest BCUT2D eigenvalue weighted by molar-refractivity contribution is 5.54. The molecule has 1 aromatic heterocycles. The van der Waals surface area contributed by atoms with Gasteiger partial charge >= 0.3 is 6.18 Å². The number of pyridine rings is 1. The fourth-order valence-electron chi connectivity index (χ4n) is 2.80. The molecular formula is C18H16F3N3O. The van der Waals surface area contributed by atoms with Gasteiger partial charge in [-0.15, -0.1) is 0 Å². The highest BCUT2D eigenvalue weighted by Crippen LogP contribution is 2.32. The SMILES string of the molecule is Cc1ccc(C#N)c(N2CCOC(c3ccc(C(F)(F)F)cc3)C2)n1. The molecule has 0 amide bonds. The van der Waals surface area contributed by atoms with Crippen LogP contribution in [0, 0.1) is 18.3 Å². The molecule has 7 heteroatoms. The quantitative estimate of drug-likeness (QED) is 0.828. The van der Waals surface area contributed by atoms with E-state index >= 15 is 0 Å². The van der Waals surface area contributed by atoms with Gasteiger partial charge in [-0.05, 0) is 36.8 Å². The summed E-state index contributed by atoms with van der Waals surface area (Å²) in [5.41, 5.74) is 1.25. The largest absolute Gasteiger partial charge is 0.416 e. The van der Waals surface area contributed by atoms with Gasteiger partial charge < -0.3 is 9.64 Å². The topological polar surface area (TPSA) is 49.2 Å². The molecule has 0 radical (unpaired) electrons. The Balaban J connectivity index is 1.82. The number of hydrogen-bond acceptors (Lipinski definition) is 4. The van der Waals surface area contributed by atoms with Crippen molar-refractivity contribution in [1.29, 1.82) is 5.26 Å². The number of rotatable bonds is 2. The Morgan fingerprint density at radius 1 is 1.20 bits per heavy atom. The zero-order chi connectivity index (χ0) is 18.0. The van der Waals surface area contributed by atoms with Crippen molar-refractivity contribution >= 4 is 5.82 Å². The zero-order valence-electron chi connectivity index (χ0n) is 13.5. The van der Waals surface area contributed by atoms with Crippen LogP contribution in [0.5, 0.6) is 0 Å². The smallest absolute Gasteiger partial charge is 0.370 e. The summed E-state index contributed by atoms with van der Waals surface area (Å²) in [6, 6.07) is 10.6. The Morgan fingerprint density at radius 3 is 2.56 bits per heavy atom. The number of anilines is 1. The third kappa shape index (κ3) is 3.74. The second kappa shape index (κ2) is 6.73. The Kier molecular flexibility index (Phi) is 4.64. The summed E-state index contributed by atoms with van der Waals surface area (Å²) < 4.78 is 43.8. The van der Waals surface area contributed by atoms with Crippen molar-refractivity contribution < 1.29 is 17.9 Å². The van der Waals surface area contributed by atoms with Gasteiger partial charge in [0, 0.05) is 18.8 Å². The Bertz CT molecular complexity index is 797. The van der Waals surface area contributed by atoms with Crippen molar-refractivity contribution in [2.24, 2.45) is 0 Å². The van der Waals surface area contributed by atoms with Gasteiger partial charge in [0.1, 0.15) is 18.0 Å². The molecule has 130 valence electrons. The molecule has 4 nitrogen and oxygen atoms in total. The fourth-order valence-corrected chi connectivity index (χ4v) is 2.80. The lowest BCUT2D eigenvalue weighted by Gasteiger charge is -2.34. The van der Waals surface area contributed by atoms with E-state index in [0.29, 0.717) is 36.6 Å². The standard InChI is InChI=1S/C18H16F3N3O/c1-12-2-3-14(10-22)17(23-12)24-8-9-25-16(11-24)13-4-6-15(7-5-13)18(19,20)21/h2-7,16H,8-9,11H2,1H3. The summed E-state index contributed by atoms with van der Waals surface area (Å²) in [5.74, 6) is 0.586. The number of nitrogens with zero attached hydrogens (tertiary/aromatic N) is 3. The van der Waals surface area contributed by atoms with Crippen LogP contribution in [0.1, 0.15) is 28.5 Å². The van der Waals surface area contributed by atoms with E-state index in [2.05, 4.69) is 11.1 Å². The number of halogens is 3. The first-order valence-corrected chi connectivity index (χ1v) is 7.80. The molecule has 1 fully saturated rings. The number of hydrogen-bond donors (Lipinski definition) is 0. The first-order valence-electron chi connectivity index (χ1n) is 7.80. The molecule has 0 spiro atoms. The molecule has 3 rings (SSSR count). The van der Waals surface area contributed by atoms with Crippen molar-refractivity contribution in [1.82, 2.24) is 4.98 Å². The minimum absolute atomic E-state index is 0.370. The van der Waals surface area contributed by atoms with E-state index in [1.807, 2.05) is 11.8 Å². The molecule has 1 aromatic carbocycles. The molecule has 0 bridgehead atoms. The summed E-state index contributed by atoms with van der Waals surface area (Å²) in [6.45, 7) is 3.25. The van der Waals surface area contributed by atoms with Crippen molar-refractivity contribution in [2.45, 2.75) is 19.2 Å². The number of nitriles is 1. The van der Waals surface area contributed by atoms with Crippen molar-refractivity contribution in [3.63, 3.8) is 0 Å². The van der Waals surface area contributed by atoms with E-state index in [1.54, 1.807) is 12.1 Å². The molecule has 1 saturated heterocycles. The Hall–Kier alpha value is -2.59. The Morgan fingerprint density at radius 2 is 1.92 bits per heavy atom. The molecular weight excluding hydrogens is 331 g/mol. The molecule has 25 heavy (non-hydrogen) atoms. The number of benzene rings is 1. The van der Waals surface area contributed by atoms with Gasteiger partial charge in [-0.3, -0.25) is 0 Å². The number of aryl methyl sites for hydroxylation is 1. The maximum atomic E-state index is 12.7. The van der Waals surface area contributed by atoms with Gasteiger partial charge in [0.15, 0.2) is 0 Å². The molecule has 1 aliphatic heterocycles. The van der Waals surface area contributed by atoms with Gasteiger partial charge in [-0.2, -0.15) is 18.4 Å². The predicted octanol–water partition coefficient (Wildman–Crippen LogP) is 3.86. The second-order valence-electron chi connectivity index (χ2n) is 5.86. The van der Waals surface area contributed by atoms with Crippen LogP contribution in [0.3, 0.4) is 0 Å². The molecule has 1 atom stereocenters. The van der Waals surface area contributed by atoms with Crippen LogP contribution in [0.2, 0.25) is 0 Å². The van der Waals surface area contributed by atoms with Crippen LogP contribution >= 0.6 is 0 Å². The third-order valence-electron chi connectivity index (χ3n) is 4.11. The zero-order valence-corrected chi connectivity index (χ0v) is 13.5. The average Bonchev–Trinajstić information content (AvgIpc) is 2.61. The summed E-state index contributed by atoms with van der Waals surface area (Å²) in [5, 5.41) is 9.28. The number of ether oxygens (including phenoxy) is 1. The molecule has 1 unspecified atom stereocenters. The van der Waals surface area contributed by atoms with E-state index in [4.69, 9.17) is 4.74 Å². The average molecular weight is 347 g/mol. The lowest BCUT2D eigenvalue weighted by molar-refractivity contribution is -0.137. The second-order valence-corrected chi connectivity index (χ2v) is 5.86. The van der Waals surface area contributed by atoms with Gasteiger partial charge in [-0.25, -0.2) is 4.98 Å². The van der Waals surface area contributed by atoms with Crippen LogP contribution in [-0.4, -0.2) is 24.7 Å². The Labute approximate surface area is 143 Å². The normalized spacial score (nSPS) is 18.0. The molecule has 0 saturated carbocycles. The van der Waals surface area contributed by atoms with E-state index in [0.717, 1.165) is 17.8 Å². The highest BCUT2D eigenvalue weighted by Gasteiger charge is 2.31. The maximum Gasteiger partial charge on any atom is 0.416 e. The molecule has 0 N–H and O–H groups in total. The van der Waals surface area contributed by atoms with Crippen LogP contribution in [0.4, 0.5) is 19.0 Å². The van der Waals surface area contributed by atoms with Crippen LogP contribution < -0.4 is 4.90 Å². The number of alkyl halides is 3. The fraction of sp³-hybridized carbons (Fsp3) is 0.333. The highest BCUT2D eigenvalue weighted by atomic mass is 19.4. The lowest BCUT2D eigenvalue weighted by atomic mass is 10.0. The predicted molar refractivity (Wildman–Crippen MR) is 86.0 cm³/mol. The van der Waals surface area contributed by atoms with Crippen molar-refractivity contribution in [3.8, 4) is 6.07 Å². The lowest BCUT2D eigenvalue weighted by Crippen LogP contribution is -2.39. The first kappa shape index (κ1) is 17.2. The third-order valence-corrected chi connectivity index (χ3v) is 4.11. The van der Waals surface area contributed by atoms with Crippen LogP contribution in [0.15, 0.2) is 36.4 Å². The summed E-state index contributed by atoms with van der Waals surface area (Å²) >= 11 is 0. The van der Waals surface area contributed by atoms with E-state index in [1.165, 1.54) is 12.1 Å². The van der Waals surface area contributed by atoms with E-state index in [9.17, 15) is 18.4 Å². The molecule has 2 aromatic rings. The van der Waals surface area contributed by atoms with Gasteiger partial charge in [0.25, 0.3) is 0 Å². The minimum atomic E-state index is -4.36. The van der Waals surface area contributed by atoms with Gasteiger partial charge in [0.05, 0.1) is 17.7 Å². The number of aromatic nitrogens is 1. The van der Waals surface area contributed by atoms with E-state index < -0.39 is 11.7 Å². The van der Waals surface area contributed by atoms with Gasteiger partial charge in [-0.1, -0.05) is 12.1 Å². The van der Waals surface area contributed by atoms with Crippen LogP contribution in [-0.2, 0) is 10.9 Å². The van der Waals surface area contributed by atoms with E-state index in [-0.39, 0.29) is 6.10 Å². The van der Waals surface area contributed by atoms with Crippen molar-refractivity contribution in [2.75, 3.05) is 24.6 Å². The maximum absolute atomic E-state index is 12.7. The first-order chi connectivity index (χ1) is 11.9. The molecule has 0 aliphatic carbocycles. The summed E-state index contributed by atoms with van der Waals surface area (Å²) in [6.07, 6.45) is -4.73. The number of morpholine rings is 1. The monoisotopic (exact) mass is 347 g/mol. The summed E-state index contributed by atoms with van der Waals surface area (Å²) in [4.78, 5) is 6.38. The summed E-state index contributed by atoms with van der Waals surface area (Å²) in [7, 11) is 0. The minimum Gasteiger partial charge on any atom is -0.370 e. The van der Waals surface area contributed by atoms with Crippen LogP contribution in [0.25, 0.3) is 0 Å².